The minimum Gasteiger partial charge on any atom is -0.339 e. The van der Waals surface area contributed by atoms with E-state index in [0.717, 1.165) is 19.4 Å². The van der Waals surface area contributed by atoms with Crippen molar-refractivity contribution in [3.05, 3.63) is 12.7 Å². The molecule has 3 nitrogen and oxygen atoms in total. The van der Waals surface area contributed by atoms with Gasteiger partial charge in [-0.3, -0.25) is 4.79 Å². The largest absolute Gasteiger partial charge is 0.339 e. The SMILES string of the molecule is C=CCC(N)C(=O)N(CC)C1CC1. The van der Waals surface area contributed by atoms with Crippen LogP contribution in [-0.4, -0.2) is 29.4 Å². The molecular formula is C10H18N2O. The van der Waals surface area contributed by atoms with Gasteiger partial charge in [0.05, 0.1) is 6.04 Å². The summed E-state index contributed by atoms with van der Waals surface area (Å²) in [6.45, 7) is 6.35. The van der Waals surface area contributed by atoms with Gasteiger partial charge in [0, 0.05) is 12.6 Å². The van der Waals surface area contributed by atoms with Crippen LogP contribution in [0, 0.1) is 0 Å². The Balaban J connectivity index is 2.46. The van der Waals surface area contributed by atoms with Crippen LogP contribution < -0.4 is 5.73 Å². The minimum atomic E-state index is -0.391. The van der Waals surface area contributed by atoms with E-state index >= 15 is 0 Å². The maximum atomic E-state index is 11.7. The quantitative estimate of drug-likeness (QED) is 0.642. The topological polar surface area (TPSA) is 46.3 Å². The molecule has 1 saturated carbocycles. The summed E-state index contributed by atoms with van der Waals surface area (Å²) in [5.41, 5.74) is 5.71. The van der Waals surface area contributed by atoms with Crippen LogP contribution in [0.1, 0.15) is 26.2 Å². The van der Waals surface area contributed by atoms with Crippen molar-refractivity contribution in [1.29, 1.82) is 0 Å². The van der Waals surface area contributed by atoms with E-state index in [2.05, 4.69) is 6.58 Å². The molecule has 1 aliphatic rings. The highest BCUT2D eigenvalue weighted by molar-refractivity contribution is 5.82. The smallest absolute Gasteiger partial charge is 0.240 e. The molecule has 0 heterocycles. The zero-order valence-corrected chi connectivity index (χ0v) is 8.20. The number of nitrogens with two attached hydrogens (primary N) is 1. The van der Waals surface area contributed by atoms with E-state index in [-0.39, 0.29) is 5.91 Å². The average Bonchev–Trinajstić information content (AvgIpc) is 2.90. The molecule has 0 radical (unpaired) electrons. The lowest BCUT2D eigenvalue weighted by Gasteiger charge is -2.23. The molecule has 0 saturated heterocycles. The van der Waals surface area contributed by atoms with Crippen LogP contribution in [-0.2, 0) is 4.79 Å². The summed E-state index contributed by atoms with van der Waals surface area (Å²) in [4.78, 5) is 13.6. The van der Waals surface area contributed by atoms with E-state index in [1.807, 2.05) is 11.8 Å². The zero-order chi connectivity index (χ0) is 9.84. The molecule has 0 aliphatic heterocycles. The number of nitrogens with zero attached hydrogens (tertiary/aromatic N) is 1. The number of amides is 1. The van der Waals surface area contributed by atoms with Gasteiger partial charge < -0.3 is 10.6 Å². The van der Waals surface area contributed by atoms with Gasteiger partial charge >= 0.3 is 0 Å². The number of likely N-dealkylation sites (N-methyl/N-ethyl adjacent to an activating group) is 1. The minimum absolute atomic E-state index is 0.0740. The van der Waals surface area contributed by atoms with Crippen LogP contribution in [0.5, 0.6) is 0 Å². The Hall–Kier alpha value is -0.830. The Labute approximate surface area is 79.6 Å². The second kappa shape index (κ2) is 4.42. The highest BCUT2D eigenvalue weighted by Crippen LogP contribution is 2.27. The van der Waals surface area contributed by atoms with Crippen LogP contribution >= 0.6 is 0 Å². The predicted molar refractivity (Wildman–Crippen MR) is 53.2 cm³/mol. The molecule has 74 valence electrons. The Bertz CT molecular complexity index is 199. The summed E-state index contributed by atoms with van der Waals surface area (Å²) in [6, 6.07) is 0.0754. The lowest BCUT2D eigenvalue weighted by atomic mass is 10.2. The molecule has 13 heavy (non-hydrogen) atoms. The van der Waals surface area contributed by atoms with Gasteiger partial charge in [-0.2, -0.15) is 0 Å². The van der Waals surface area contributed by atoms with E-state index in [0.29, 0.717) is 12.5 Å². The normalized spacial score (nSPS) is 18.0. The van der Waals surface area contributed by atoms with E-state index in [1.165, 1.54) is 0 Å². The summed E-state index contributed by atoms with van der Waals surface area (Å²) in [7, 11) is 0. The summed E-state index contributed by atoms with van der Waals surface area (Å²) in [5, 5.41) is 0. The van der Waals surface area contributed by atoms with Gasteiger partial charge in [-0.15, -0.1) is 6.58 Å². The second-order valence-electron chi connectivity index (χ2n) is 3.49. The van der Waals surface area contributed by atoms with Crippen molar-refractivity contribution in [1.82, 2.24) is 4.90 Å². The van der Waals surface area contributed by atoms with Crippen LogP contribution in [0.15, 0.2) is 12.7 Å². The zero-order valence-electron chi connectivity index (χ0n) is 8.20. The first-order chi connectivity index (χ1) is 6.20. The van der Waals surface area contributed by atoms with Gasteiger partial charge in [0.25, 0.3) is 0 Å². The van der Waals surface area contributed by atoms with E-state index in [9.17, 15) is 4.79 Å². The van der Waals surface area contributed by atoms with Crippen molar-refractivity contribution in [3.8, 4) is 0 Å². The van der Waals surface area contributed by atoms with Gasteiger partial charge in [-0.05, 0) is 26.2 Å². The number of rotatable bonds is 5. The lowest BCUT2D eigenvalue weighted by Crippen LogP contribution is -2.44. The van der Waals surface area contributed by atoms with Gasteiger partial charge in [0.2, 0.25) is 5.91 Å². The number of carbonyl (C=O) groups excluding carboxylic acids is 1. The molecule has 1 aliphatic carbocycles. The molecule has 1 atom stereocenters. The first kappa shape index (κ1) is 10.3. The van der Waals surface area contributed by atoms with E-state index in [4.69, 9.17) is 5.73 Å². The standard InChI is InChI=1S/C10H18N2O/c1-3-5-9(11)10(13)12(4-2)8-6-7-8/h3,8-9H,1,4-7,11H2,2H3. The predicted octanol–water partition coefficient (Wildman–Crippen LogP) is 0.901. The first-order valence-electron chi connectivity index (χ1n) is 4.87. The maximum absolute atomic E-state index is 11.7. The average molecular weight is 182 g/mol. The van der Waals surface area contributed by atoms with Crippen LogP contribution in [0.2, 0.25) is 0 Å². The molecule has 3 heteroatoms. The highest BCUT2D eigenvalue weighted by Gasteiger charge is 2.33. The van der Waals surface area contributed by atoms with Crippen molar-refractivity contribution in [2.24, 2.45) is 5.73 Å². The molecule has 0 aromatic heterocycles. The van der Waals surface area contributed by atoms with Crippen molar-refractivity contribution >= 4 is 5.91 Å². The maximum Gasteiger partial charge on any atom is 0.240 e. The highest BCUT2D eigenvalue weighted by atomic mass is 16.2. The van der Waals surface area contributed by atoms with Gasteiger partial charge in [-0.1, -0.05) is 6.08 Å². The molecule has 1 amide bonds. The van der Waals surface area contributed by atoms with Crippen LogP contribution in [0.25, 0.3) is 0 Å². The molecule has 1 rings (SSSR count). The molecule has 2 N–H and O–H groups in total. The summed E-state index contributed by atoms with van der Waals surface area (Å²) < 4.78 is 0. The van der Waals surface area contributed by atoms with Crippen molar-refractivity contribution < 1.29 is 4.79 Å². The number of hydrogen-bond acceptors (Lipinski definition) is 2. The number of hydrogen-bond donors (Lipinski definition) is 1. The molecule has 0 spiro atoms. The van der Waals surface area contributed by atoms with E-state index in [1.54, 1.807) is 6.08 Å². The molecular weight excluding hydrogens is 164 g/mol. The van der Waals surface area contributed by atoms with Crippen LogP contribution in [0.4, 0.5) is 0 Å². The third kappa shape index (κ3) is 2.56. The lowest BCUT2D eigenvalue weighted by molar-refractivity contribution is -0.132. The summed E-state index contributed by atoms with van der Waals surface area (Å²) in [5.74, 6) is 0.0740. The number of carbonyl (C=O) groups is 1. The van der Waals surface area contributed by atoms with Crippen LogP contribution in [0.3, 0.4) is 0 Å². The fourth-order valence-corrected chi connectivity index (χ4v) is 1.47. The third-order valence-electron chi connectivity index (χ3n) is 2.35. The Morgan fingerprint density at radius 2 is 2.38 bits per heavy atom. The van der Waals surface area contributed by atoms with E-state index < -0.39 is 6.04 Å². The van der Waals surface area contributed by atoms with Gasteiger partial charge in [0.15, 0.2) is 0 Å². The summed E-state index contributed by atoms with van der Waals surface area (Å²) in [6.07, 6.45) is 4.55. The fraction of sp³-hybridized carbons (Fsp3) is 0.700. The molecule has 1 unspecified atom stereocenters. The summed E-state index contributed by atoms with van der Waals surface area (Å²) >= 11 is 0. The van der Waals surface area contributed by atoms with Gasteiger partial charge in [-0.25, -0.2) is 0 Å². The Morgan fingerprint density at radius 3 is 2.77 bits per heavy atom. The van der Waals surface area contributed by atoms with Crippen molar-refractivity contribution in [2.75, 3.05) is 6.54 Å². The second-order valence-corrected chi connectivity index (χ2v) is 3.49. The monoisotopic (exact) mass is 182 g/mol. The Morgan fingerprint density at radius 1 is 1.77 bits per heavy atom. The first-order valence-corrected chi connectivity index (χ1v) is 4.87. The van der Waals surface area contributed by atoms with Crippen molar-refractivity contribution in [2.45, 2.75) is 38.3 Å². The molecule has 0 bridgehead atoms. The molecule has 0 aromatic carbocycles. The van der Waals surface area contributed by atoms with Crippen molar-refractivity contribution in [3.63, 3.8) is 0 Å². The third-order valence-corrected chi connectivity index (χ3v) is 2.35. The van der Waals surface area contributed by atoms with Gasteiger partial charge in [0.1, 0.15) is 0 Å². The molecule has 0 aromatic rings. The fourth-order valence-electron chi connectivity index (χ4n) is 1.47. The molecule has 1 fully saturated rings. The Kier molecular flexibility index (Phi) is 3.48.